The van der Waals surface area contributed by atoms with Gasteiger partial charge in [0, 0.05) is 16.5 Å². The Bertz CT molecular complexity index is 949. The number of unbranched alkanes of at least 4 members (excludes halogenated alkanes) is 1. The number of imidazole rings is 1. The zero-order chi connectivity index (χ0) is 18.1. The smallest absolute Gasteiger partial charge is 0.355 e. The van der Waals surface area contributed by atoms with Crippen molar-refractivity contribution in [2.45, 2.75) is 32.7 Å². The van der Waals surface area contributed by atoms with Crippen molar-refractivity contribution in [3.05, 3.63) is 49.8 Å². The van der Waals surface area contributed by atoms with Crippen molar-refractivity contribution < 1.29 is 9.90 Å². The van der Waals surface area contributed by atoms with Gasteiger partial charge >= 0.3 is 5.97 Å². The van der Waals surface area contributed by atoms with E-state index in [-0.39, 0.29) is 10.8 Å². The second-order valence-corrected chi connectivity index (χ2v) is 7.71. The van der Waals surface area contributed by atoms with Gasteiger partial charge in [0.2, 0.25) is 0 Å². The third-order valence-electron chi connectivity index (χ3n) is 3.99. The minimum Gasteiger partial charge on any atom is -0.476 e. The molecule has 0 bridgehead atoms. The first-order chi connectivity index (χ1) is 11.9. The topological polar surface area (TPSA) is 55.1 Å². The lowest BCUT2D eigenvalue weighted by molar-refractivity contribution is 0.0685. The third kappa shape index (κ3) is 3.51. The molecule has 0 aliphatic rings. The molecule has 0 fully saturated rings. The summed E-state index contributed by atoms with van der Waals surface area (Å²) in [5.74, 6) is -0.425. The highest BCUT2D eigenvalue weighted by molar-refractivity contribution is 7.17. The number of hydrogen-bond donors (Lipinski definition) is 1. The molecule has 0 aliphatic carbocycles. The number of thiophene rings is 1. The maximum absolute atomic E-state index is 11.7. The lowest BCUT2D eigenvalue weighted by Gasteiger charge is -2.10. The Morgan fingerprint density at radius 2 is 2.08 bits per heavy atom. The molecule has 4 nitrogen and oxygen atoms in total. The second-order valence-electron chi connectivity index (χ2n) is 5.66. The molecule has 3 aromatic rings. The fourth-order valence-corrected chi connectivity index (χ4v) is 4.52. The van der Waals surface area contributed by atoms with Crippen LogP contribution in [0.1, 0.15) is 41.6 Å². The maximum Gasteiger partial charge on any atom is 0.355 e. The number of fused-ring (bicyclic) bond motifs is 1. The van der Waals surface area contributed by atoms with Gasteiger partial charge in [0.25, 0.3) is 0 Å². The van der Waals surface area contributed by atoms with E-state index in [1.807, 2.05) is 11.4 Å². The summed E-state index contributed by atoms with van der Waals surface area (Å²) in [6.45, 7) is 2.40. The fourth-order valence-electron chi connectivity index (χ4n) is 2.78. The van der Waals surface area contributed by atoms with Crippen LogP contribution in [-0.4, -0.2) is 20.6 Å². The first kappa shape index (κ1) is 18.5. The molecule has 0 radical (unpaired) electrons. The Kier molecular flexibility index (Phi) is 5.58. The highest BCUT2D eigenvalue weighted by Crippen LogP contribution is 2.37. The largest absolute Gasteiger partial charge is 0.476 e. The molecule has 2 aromatic heterocycles. The molecule has 0 amide bonds. The van der Waals surface area contributed by atoms with E-state index in [0.717, 1.165) is 28.5 Å². The average molecular weight is 418 g/mol. The lowest BCUT2D eigenvalue weighted by Crippen LogP contribution is -2.12. The number of benzene rings is 1. The van der Waals surface area contributed by atoms with Gasteiger partial charge in [-0.25, -0.2) is 9.78 Å². The summed E-state index contributed by atoms with van der Waals surface area (Å²) in [5.41, 5.74) is 0.909. The zero-order valence-electron chi connectivity index (χ0n) is 13.4. The van der Waals surface area contributed by atoms with Gasteiger partial charge in [0.1, 0.15) is 5.82 Å². The molecule has 0 aliphatic heterocycles. The molecular weight excluding hydrogens is 403 g/mol. The molecule has 25 heavy (non-hydrogen) atoms. The molecule has 0 saturated carbocycles. The Balaban J connectivity index is 2.11. The van der Waals surface area contributed by atoms with Crippen molar-refractivity contribution in [2.24, 2.45) is 0 Å². The normalized spacial score (nSPS) is 11.4. The van der Waals surface area contributed by atoms with Crippen LogP contribution < -0.4 is 0 Å². The van der Waals surface area contributed by atoms with Crippen LogP contribution in [0.3, 0.4) is 0 Å². The van der Waals surface area contributed by atoms with Gasteiger partial charge in [-0.15, -0.1) is 11.3 Å². The maximum atomic E-state index is 11.7. The Hall–Kier alpha value is -1.27. The monoisotopic (exact) mass is 416 g/mol. The summed E-state index contributed by atoms with van der Waals surface area (Å²) in [6, 6.07) is 3.67. The van der Waals surface area contributed by atoms with Gasteiger partial charge in [0.05, 0.1) is 16.6 Å². The predicted molar refractivity (Wildman–Crippen MR) is 104 cm³/mol. The summed E-state index contributed by atoms with van der Waals surface area (Å²) in [5, 5.41) is 13.3. The van der Waals surface area contributed by atoms with Gasteiger partial charge in [-0.2, -0.15) is 0 Å². The molecule has 132 valence electrons. The molecule has 1 aromatic carbocycles. The van der Waals surface area contributed by atoms with E-state index in [1.165, 1.54) is 0 Å². The Labute approximate surface area is 164 Å². The van der Waals surface area contributed by atoms with Crippen molar-refractivity contribution >= 4 is 62.2 Å². The number of carboxylic acid groups (broad SMARTS) is 1. The third-order valence-corrected chi connectivity index (χ3v) is 6.06. The molecule has 1 N–H and O–H groups in total. The minimum atomic E-state index is -1.09. The van der Waals surface area contributed by atoms with Crippen LogP contribution in [-0.2, 0) is 13.0 Å². The van der Waals surface area contributed by atoms with E-state index >= 15 is 0 Å². The number of carboxylic acids is 1. The van der Waals surface area contributed by atoms with Crippen LogP contribution >= 0.6 is 46.1 Å². The fraction of sp³-hybridized carbons (Fsp3) is 0.294. The number of nitrogens with zero attached hydrogens (tertiary/aromatic N) is 2. The zero-order valence-corrected chi connectivity index (χ0v) is 16.4. The Morgan fingerprint density at radius 3 is 2.76 bits per heavy atom. The van der Waals surface area contributed by atoms with Crippen LogP contribution in [0, 0.1) is 0 Å². The summed E-state index contributed by atoms with van der Waals surface area (Å²) < 4.78 is 2.67. The van der Waals surface area contributed by atoms with E-state index in [9.17, 15) is 9.90 Å². The van der Waals surface area contributed by atoms with E-state index < -0.39 is 5.97 Å². The van der Waals surface area contributed by atoms with Crippen LogP contribution in [0.4, 0.5) is 0 Å². The number of rotatable bonds is 6. The average Bonchev–Trinajstić information content (AvgIpc) is 3.11. The van der Waals surface area contributed by atoms with Crippen molar-refractivity contribution in [1.29, 1.82) is 0 Å². The van der Waals surface area contributed by atoms with Crippen molar-refractivity contribution in [2.75, 3.05) is 0 Å². The standard InChI is InChI=1S/C17H15Cl3N2O2S/c1-2-3-4-12-21-16(20)15(17(23)24)22(12)7-9-8-25-11-6-5-10(18)14(19)13(9)11/h5-6,8H,2-4,7H2,1H3,(H,23,24). The molecule has 0 atom stereocenters. The number of aromatic nitrogens is 2. The van der Waals surface area contributed by atoms with Gasteiger partial charge in [0.15, 0.2) is 10.8 Å². The molecule has 3 rings (SSSR count). The molecule has 8 heteroatoms. The number of aryl methyl sites for hydroxylation is 1. The molecule has 0 saturated heterocycles. The van der Waals surface area contributed by atoms with Gasteiger partial charge in [-0.3, -0.25) is 0 Å². The number of hydrogen-bond acceptors (Lipinski definition) is 3. The quantitative estimate of drug-likeness (QED) is 0.523. The van der Waals surface area contributed by atoms with Gasteiger partial charge in [-0.05, 0) is 29.5 Å². The number of carbonyl (C=O) groups is 1. The van der Waals surface area contributed by atoms with Crippen molar-refractivity contribution in [3.8, 4) is 0 Å². The number of halogens is 3. The van der Waals surface area contributed by atoms with Crippen LogP contribution in [0.2, 0.25) is 15.2 Å². The number of aromatic carboxylic acids is 1. The molecule has 0 spiro atoms. The second kappa shape index (κ2) is 7.54. The van der Waals surface area contributed by atoms with E-state index in [0.29, 0.717) is 28.8 Å². The minimum absolute atomic E-state index is 0.00488. The predicted octanol–water partition coefficient (Wildman–Crippen LogP) is 6.15. The van der Waals surface area contributed by atoms with Crippen molar-refractivity contribution in [3.63, 3.8) is 0 Å². The first-order valence-electron chi connectivity index (χ1n) is 7.76. The Morgan fingerprint density at radius 1 is 1.32 bits per heavy atom. The highest BCUT2D eigenvalue weighted by atomic mass is 35.5. The van der Waals surface area contributed by atoms with Crippen LogP contribution in [0.25, 0.3) is 10.1 Å². The van der Waals surface area contributed by atoms with E-state index in [2.05, 4.69) is 11.9 Å². The van der Waals surface area contributed by atoms with Crippen LogP contribution in [0.5, 0.6) is 0 Å². The lowest BCUT2D eigenvalue weighted by atomic mass is 10.1. The van der Waals surface area contributed by atoms with Crippen molar-refractivity contribution in [1.82, 2.24) is 9.55 Å². The summed E-state index contributed by atoms with van der Waals surface area (Å²) >= 11 is 20.1. The van der Waals surface area contributed by atoms with Crippen LogP contribution in [0.15, 0.2) is 17.5 Å². The summed E-state index contributed by atoms with van der Waals surface area (Å²) in [7, 11) is 0. The first-order valence-corrected chi connectivity index (χ1v) is 9.77. The molecule has 2 heterocycles. The summed E-state index contributed by atoms with van der Waals surface area (Å²) in [4.78, 5) is 15.9. The highest BCUT2D eigenvalue weighted by Gasteiger charge is 2.22. The van der Waals surface area contributed by atoms with E-state index in [1.54, 1.807) is 22.0 Å². The molecule has 0 unspecified atom stereocenters. The summed E-state index contributed by atoms with van der Waals surface area (Å²) in [6.07, 6.45) is 2.55. The van der Waals surface area contributed by atoms with Gasteiger partial charge < -0.3 is 9.67 Å². The van der Waals surface area contributed by atoms with Gasteiger partial charge in [-0.1, -0.05) is 48.1 Å². The molecular formula is C17H15Cl3N2O2S. The van der Waals surface area contributed by atoms with E-state index in [4.69, 9.17) is 34.8 Å². The SMILES string of the molecule is CCCCc1nc(Cl)c(C(=O)O)n1Cc1csc2ccc(Cl)c(Cl)c12.